The van der Waals surface area contributed by atoms with Crippen molar-refractivity contribution in [2.24, 2.45) is 0 Å². The third kappa shape index (κ3) is 3.10. The Hall–Kier alpha value is 0.380. The van der Waals surface area contributed by atoms with E-state index in [9.17, 15) is 8.42 Å². The van der Waals surface area contributed by atoms with Gasteiger partial charge in [0.25, 0.3) is 10.0 Å². The summed E-state index contributed by atoms with van der Waals surface area (Å²) in [4.78, 5) is 0. The second-order valence-corrected chi connectivity index (χ2v) is 9.26. The lowest BCUT2D eigenvalue weighted by molar-refractivity contribution is 0.248. The normalized spacial score (nSPS) is 22.2. The van der Waals surface area contributed by atoms with Crippen LogP contribution in [0, 0.1) is 0 Å². The standard InChI is InChI=1S/C11H15BrClNO2S2/c12-10-4-5-11(17-10)18(15,16)14-8-2-1-3-9(14)6-7-13/h4-5,9H,1-3,6-8H2. The van der Waals surface area contributed by atoms with Crippen molar-refractivity contribution < 1.29 is 8.42 Å². The first-order valence-electron chi connectivity index (χ1n) is 5.89. The van der Waals surface area contributed by atoms with Gasteiger partial charge in [-0.25, -0.2) is 8.42 Å². The summed E-state index contributed by atoms with van der Waals surface area (Å²) < 4.78 is 28.0. The van der Waals surface area contributed by atoms with Crippen LogP contribution >= 0.6 is 38.9 Å². The van der Waals surface area contributed by atoms with Crippen molar-refractivity contribution in [1.29, 1.82) is 0 Å². The van der Waals surface area contributed by atoms with Gasteiger partial charge in [-0.3, -0.25) is 0 Å². The maximum atomic E-state index is 12.6. The van der Waals surface area contributed by atoms with Crippen LogP contribution < -0.4 is 0 Å². The number of hydrogen-bond acceptors (Lipinski definition) is 3. The van der Waals surface area contributed by atoms with Gasteiger partial charge >= 0.3 is 0 Å². The summed E-state index contributed by atoms with van der Waals surface area (Å²) in [5, 5.41) is 0. The van der Waals surface area contributed by atoms with Gasteiger partial charge in [-0.1, -0.05) is 6.42 Å². The minimum absolute atomic E-state index is 0.0575. The van der Waals surface area contributed by atoms with Crippen LogP contribution in [0.2, 0.25) is 0 Å². The van der Waals surface area contributed by atoms with Gasteiger partial charge in [0, 0.05) is 18.5 Å². The summed E-state index contributed by atoms with van der Waals surface area (Å²) in [6.07, 6.45) is 3.66. The van der Waals surface area contributed by atoms with E-state index < -0.39 is 10.0 Å². The van der Waals surface area contributed by atoms with Gasteiger partial charge in [0.05, 0.1) is 3.79 Å². The highest BCUT2D eigenvalue weighted by atomic mass is 79.9. The molecule has 2 rings (SSSR count). The second kappa shape index (κ2) is 6.22. The summed E-state index contributed by atoms with van der Waals surface area (Å²) in [6.45, 7) is 0.611. The largest absolute Gasteiger partial charge is 0.252 e. The van der Waals surface area contributed by atoms with E-state index in [4.69, 9.17) is 11.6 Å². The van der Waals surface area contributed by atoms with Gasteiger partial charge in [0.1, 0.15) is 4.21 Å². The molecule has 3 nitrogen and oxygen atoms in total. The molecule has 0 amide bonds. The summed E-state index contributed by atoms with van der Waals surface area (Å²) in [5.74, 6) is 0.505. The van der Waals surface area contributed by atoms with Crippen molar-refractivity contribution >= 4 is 48.9 Å². The quantitative estimate of drug-likeness (QED) is 0.756. The Morgan fingerprint density at radius 2 is 2.22 bits per heavy atom. The molecule has 18 heavy (non-hydrogen) atoms. The lowest BCUT2D eigenvalue weighted by atomic mass is 10.0. The summed E-state index contributed by atoms with van der Waals surface area (Å²) in [5.41, 5.74) is 0. The Labute approximate surface area is 125 Å². The average molecular weight is 373 g/mol. The second-order valence-electron chi connectivity index (χ2n) is 4.30. The van der Waals surface area contributed by atoms with E-state index in [1.54, 1.807) is 16.4 Å². The fourth-order valence-corrected chi connectivity index (χ4v) is 6.37. The van der Waals surface area contributed by atoms with E-state index in [-0.39, 0.29) is 6.04 Å². The molecule has 102 valence electrons. The van der Waals surface area contributed by atoms with Crippen LogP contribution in [0.1, 0.15) is 25.7 Å². The maximum absolute atomic E-state index is 12.6. The average Bonchev–Trinajstić information content (AvgIpc) is 2.78. The summed E-state index contributed by atoms with van der Waals surface area (Å²) in [7, 11) is -3.35. The van der Waals surface area contributed by atoms with Crippen LogP contribution in [0.4, 0.5) is 0 Å². The number of thiophene rings is 1. The summed E-state index contributed by atoms with van der Waals surface area (Å²) >= 11 is 10.3. The Morgan fingerprint density at radius 3 is 2.83 bits per heavy atom. The third-order valence-electron chi connectivity index (χ3n) is 3.13. The topological polar surface area (TPSA) is 37.4 Å². The highest BCUT2D eigenvalue weighted by molar-refractivity contribution is 9.11. The van der Waals surface area contributed by atoms with Crippen LogP contribution in [0.25, 0.3) is 0 Å². The van der Waals surface area contributed by atoms with E-state index >= 15 is 0 Å². The van der Waals surface area contributed by atoms with Gasteiger partial charge < -0.3 is 0 Å². The molecule has 1 unspecified atom stereocenters. The zero-order valence-electron chi connectivity index (χ0n) is 9.81. The van der Waals surface area contributed by atoms with Crippen LogP contribution in [0.5, 0.6) is 0 Å². The van der Waals surface area contributed by atoms with Crippen molar-refractivity contribution in [2.45, 2.75) is 35.9 Å². The zero-order valence-corrected chi connectivity index (χ0v) is 13.8. The van der Waals surface area contributed by atoms with Crippen LogP contribution in [0.3, 0.4) is 0 Å². The number of piperidine rings is 1. The molecule has 1 atom stereocenters. The van der Waals surface area contributed by atoms with Crippen molar-refractivity contribution in [2.75, 3.05) is 12.4 Å². The van der Waals surface area contributed by atoms with Crippen molar-refractivity contribution in [1.82, 2.24) is 4.31 Å². The van der Waals surface area contributed by atoms with Gasteiger partial charge in [-0.2, -0.15) is 4.31 Å². The van der Waals surface area contributed by atoms with E-state index in [0.29, 0.717) is 16.6 Å². The van der Waals surface area contributed by atoms with Gasteiger partial charge in [0.15, 0.2) is 0 Å². The molecule has 0 aliphatic carbocycles. The number of nitrogens with zero attached hydrogens (tertiary/aromatic N) is 1. The molecular formula is C11H15BrClNO2S2. The summed E-state index contributed by atoms with van der Waals surface area (Å²) in [6, 6.07) is 3.50. The number of hydrogen-bond donors (Lipinski definition) is 0. The Bertz CT molecular complexity index is 501. The Kier molecular flexibility index (Phi) is 5.11. The third-order valence-corrected chi connectivity index (χ3v) is 7.39. The van der Waals surface area contributed by atoms with Crippen LogP contribution in [0.15, 0.2) is 20.1 Å². The molecule has 1 aromatic heterocycles. The molecule has 0 spiro atoms. The van der Waals surface area contributed by atoms with Crippen molar-refractivity contribution in [3.05, 3.63) is 15.9 Å². The predicted molar refractivity (Wildman–Crippen MR) is 78.9 cm³/mol. The van der Waals surface area contributed by atoms with Crippen LogP contribution in [-0.4, -0.2) is 31.2 Å². The van der Waals surface area contributed by atoms with Crippen molar-refractivity contribution in [3.8, 4) is 0 Å². The molecule has 0 aromatic carbocycles. The predicted octanol–water partition coefficient (Wildman–Crippen LogP) is 3.68. The first-order chi connectivity index (χ1) is 8.55. The molecule has 0 bridgehead atoms. The first kappa shape index (κ1) is 14.8. The highest BCUT2D eigenvalue weighted by Gasteiger charge is 2.33. The SMILES string of the molecule is O=S(=O)(c1ccc(Br)s1)N1CCCCC1CCCl. The van der Waals surface area contributed by atoms with Gasteiger partial charge in [-0.05, 0) is 47.3 Å². The van der Waals surface area contributed by atoms with Gasteiger partial charge in [0.2, 0.25) is 0 Å². The minimum Gasteiger partial charge on any atom is -0.206 e. The Morgan fingerprint density at radius 1 is 1.44 bits per heavy atom. The molecule has 1 aliphatic rings. The molecule has 0 saturated carbocycles. The maximum Gasteiger partial charge on any atom is 0.252 e. The Balaban J connectivity index is 2.27. The number of sulfonamides is 1. The molecule has 1 aromatic rings. The molecule has 1 saturated heterocycles. The van der Waals surface area contributed by atoms with Crippen LogP contribution in [-0.2, 0) is 10.0 Å². The number of alkyl halides is 1. The molecular weight excluding hydrogens is 358 g/mol. The fraction of sp³-hybridized carbons (Fsp3) is 0.636. The smallest absolute Gasteiger partial charge is 0.206 e. The molecule has 1 fully saturated rings. The van der Waals surface area contributed by atoms with Gasteiger partial charge in [-0.15, -0.1) is 22.9 Å². The lowest BCUT2D eigenvalue weighted by Gasteiger charge is -2.33. The molecule has 7 heteroatoms. The zero-order chi connectivity index (χ0) is 13.2. The van der Waals surface area contributed by atoms with E-state index in [0.717, 1.165) is 29.5 Å². The highest BCUT2D eigenvalue weighted by Crippen LogP contribution is 2.32. The monoisotopic (exact) mass is 371 g/mol. The lowest BCUT2D eigenvalue weighted by Crippen LogP contribution is -2.43. The molecule has 1 aliphatic heterocycles. The van der Waals surface area contributed by atoms with E-state index in [1.807, 2.05) is 0 Å². The van der Waals surface area contributed by atoms with E-state index in [1.165, 1.54) is 11.3 Å². The van der Waals surface area contributed by atoms with Crippen molar-refractivity contribution in [3.63, 3.8) is 0 Å². The number of rotatable bonds is 4. The fourth-order valence-electron chi connectivity index (χ4n) is 2.26. The first-order valence-corrected chi connectivity index (χ1v) is 9.47. The minimum atomic E-state index is -3.35. The number of halogens is 2. The molecule has 0 N–H and O–H groups in total. The molecule has 2 heterocycles. The molecule has 0 radical (unpaired) electrons. The van der Waals surface area contributed by atoms with E-state index in [2.05, 4.69) is 15.9 Å².